The summed E-state index contributed by atoms with van der Waals surface area (Å²) in [5.41, 5.74) is 12.0. The Morgan fingerprint density at radius 1 is 0.970 bits per heavy atom. The highest BCUT2D eigenvalue weighted by Gasteiger charge is 2.13. The summed E-state index contributed by atoms with van der Waals surface area (Å²) in [5.74, 6) is 0.519. The van der Waals surface area contributed by atoms with Crippen LogP contribution < -0.4 is 5.73 Å². The molecule has 0 aliphatic carbocycles. The minimum atomic E-state index is 0.0586. The van der Waals surface area contributed by atoms with Gasteiger partial charge in [-0.3, -0.25) is 9.78 Å². The quantitative estimate of drug-likeness (QED) is 0.437. The second-order valence-corrected chi connectivity index (χ2v) is 8.93. The number of anilines is 1. The van der Waals surface area contributed by atoms with Crippen LogP contribution in [0.1, 0.15) is 27.0 Å². The third-order valence-electron chi connectivity index (χ3n) is 6.12. The summed E-state index contributed by atoms with van der Waals surface area (Å²) >= 11 is 0. The number of pyridine rings is 2. The molecule has 33 heavy (non-hydrogen) atoms. The highest BCUT2D eigenvalue weighted by atomic mass is 16.2. The molecule has 2 N–H and O–H groups in total. The molecule has 170 valence electrons. The van der Waals surface area contributed by atoms with Gasteiger partial charge in [0.1, 0.15) is 5.52 Å². The van der Waals surface area contributed by atoms with Gasteiger partial charge in [-0.15, -0.1) is 0 Å². The Balaban J connectivity index is 1.51. The number of aryl methyl sites for hydroxylation is 3. The Morgan fingerprint density at radius 3 is 2.52 bits per heavy atom. The van der Waals surface area contributed by atoms with Gasteiger partial charge in [0.05, 0.1) is 5.52 Å². The fourth-order valence-corrected chi connectivity index (χ4v) is 4.10. The number of amides is 1. The summed E-state index contributed by atoms with van der Waals surface area (Å²) in [6.07, 6.45) is 3.63. The van der Waals surface area contributed by atoms with E-state index in [2.05, 4.69) is 40.0 Å². The Hall–Kier alpha value is -3.51. The van der Waals surface area contributed by atoms with E-state index in [4.69, 9.17) is 5.73 Å². The fraction of sp³-hybridized carbons (Fsp3) is 0.296. The topological polar surface area (TPSA) is 75.4 Å². The molecule has 0 spiro atoms. The first-order valence-electron chi connectivity index (χ1n) is 11.3. The Labute approximate surface area is 195 Å². The molecular formula is C27H31N5O. The summed E-state index contributed by atoms with van der Waals surface area (Å²) in [5, 5.41) is 2.10. The fourth-order valence-electron chi connectivity index (χ4n) is 4.10. The van der Waals surface area contributed by atoms with Gasteiger partial charge in [0, 0.05) is 42.7 Å². The first kappa shape index (κ1) is 22.7. The van der Waals surface area contributed by atoms with Crippen molar-refractivity contribution in [3.8, 4) is 0 Å². The summed E-state index contributed by atoms with van der Waals surface area (Å²) in [4.78, 5) is 25.7. The molecule has 2 aromatic heterocycles. The van der Waals surface area contributed by atoms with Crippen molar-refractivity contribution in [3.05, 3.63) is 77.0 Å². The van der Waals surface area contributed by atoms with E-state index in [1.165, 1.54) is 5.56 Å². The molecule has 0 aliphatic heterocycles. The van der Waals surface area contributed by atoms with Gasteiger partial charge in [0.15, 0.2) is 5.82 Å². The number of nitrogens with zero attached hydrogens (tertiary/aromatic N) is 4. The first-order chi connectivity index (χ1) is 15.8. The monoisotopic (exact) mass is 441 g/mol. The van der Waals surface area contributed by atoms with Crippen molar-refractivity contribution in [3.63, 3.8) is 0 Å². The van der Waals surface area contributed by atoms with Crippen molar-refractivity contribution >= 4 is 33.5 Å². The van der Waals surface area contributed by atoms with Crippen molar-refractivity contribution in [2.75, 3.05) is 40.0 Å². The lowest BCUT2D eigenvalue weighted by molar-refractivity contribution is 0.0786. The average molecular weight is 442 g/mol. The molecule has 0 aliphatic rings. The molecule has 4 aromatic rings. The highest BCUT2D eigenvalue weighted by molar-refractivity contribution is 6.08. The number of para-hydroxylation sites is 1. The second kappa shape index (κ2) is 9.55. The summed E-state index contributed by atoms with van der Waals surface area (Å²) in [6.45, 7) is 3.62. The van der Waals surface area contributed by atoms with Crippen LogP contribution >= 0.6 is 0 Å². The zero-order valence-corrected chi connectivity index (χ0v) is 19.8. The van der Waals surface area contributed by atoms with Crippen molar-refractivity contribution in [1.82, 2.24) is 19.8 Å². The second-order valence-electron chi connectivity index (χ2n) is 8.93. The van der Waals surface area contributed by atoms with Crippen LogP contribution in [-0.2, 0) is 12.8 Å². The minimum absolute atomic E-state index is 0.0586. The molecule has 0 saturated carbocycles. The van der Waals surface area contributed by atoms with E-state index in [9.17, 15) is 4.79 Å². The van der Waals surface area contributed by atoms with Crippen LogP contribution in [0.4, 0.5) is 5.82 Å². The average Bonchev–Trinajstić information content (AvgIpc) is 2.81. The van der Waals surface area contributed by atoms with Gasteiger partial charge < -0.3 is 15.5 Å². The van der Waals surface area contributed by atoms with Gasteiger partial charge in [-0.25, -0.2) is 4.98 Å². The van der Waals surface area contributed by atoms with Crippen molar-refractivity contribution in [1.29, 1.82) is 0 Å². The summed E-state index contributed by atoms with van der Waals surface area (Å²) in [7, 11) is 5.88. The number of nitrogens with two attached hydrogens (primary N) is 1. The molecule has 1 amide bonds. The van der Waals surface area contributed by atoms with Crippen molar-refractivity contribution < 1.29 is 4.79 Å². The molecule has 2 aromatic carbocycles. The Bertz CT molecular complexity index is 1310. The minimum Gasteiger partial charge on any atom is -0.382 e. The van der Waals surface area contributed by atoms with E-state index in [-0.39, 0.29) is 5.91 Å². The molecule has 0 fully saturated rings. The lowest BCUT2D eigenvalue weighted by atomic mass is 9.98. The SMILES string of the molecule is Cc1cc(C(=O)N(C)CCN(C)C)ccc1CCc1cnc2c(N)nc3ccccc3c2c1. The summed E-state index contributed by atoms with van der Waals surface area (Å²) < 4.78 is 0. The van der Waals surface area contributed by atoms with Crippen LogP contribution in [0.5, 0.6) is 0 Å². The maximum absolute atomic E-state index is 12.7. The molecule has 6 nitrogen and oxygen atoms in total. The number of carbonyl (C=O) groups excluding carboxylic acids is 1. The summed E-state index contributed by atoms with van der Waals surface area (Å²) in [6, 6.07) is 16.2. The zero-order valence-electron chi connectivity index (χ0n) is 19.8. The van der Waals surface area contributed by atoms with Crippen molar-refractivity contribution in [2.24, 2.45) is 0 Å². The van der Waals surface area contributed by atoms with Crippen molar-refractivity contribution in [2.45, 2.75) is 19.8 Å². The number of nitrogen functional groups attached to an aromatic ring is 1. The van der Waals surface area contributed by atoms with Crippen LogP contribution in [0.15, 0.2) is 54.7 Å². The van der Waals surface area contributed by atoms with Crippen LogP contribution in [0, 0.1) is 6.92 Å². The number of aromatic nitrogens is 2. The highest BCUT2D eigenvalue weighted by Crippen LogP contribution is 2.27. The molecule has 0 radical (unpaired) electrons. The normalized spacial score (nSPS) is 11.4. The van der Waals surface area contributed by atoms with Gasteiger partial charge >= 0.3 is 0 Å². The number of hydrogen-bond acceptors (Lipinski definition) is 5. The van der Waals surface area contributed by atoms with E-state index in [0.29, 0.717) is 12.4 Å². The van der Waals surface area contributed by atoms with Crippen LogP contribution in [0.25, 0.3) is 21.8 Å². The van der Waals surface area contributed by atoms with Crippen LogP contribution in [-0.4, -0.2) is 59.9 Å². The van der Waals surface area contributed by atoms with Gasteiger partial charge in [0.2, 0.25) is 0 Å². The third-order valence-corrected chi connectivity index (χ3v) is 6.12. The third kappa shape index (κ3) is 4.96. The molecule has 2 heterocycles. The molecule has 4 rings (SSSR count). The van der Waals surface area contributed by atoms with E-state index >= 15 is 0 Å². The molecule has 6 heteroatoms. The zero-order chi connectivity index (χ0) is 23.5. The number of hydrogen-bond donors (Lipinski definition) is 1. The maximum atomic E-state index is 12.7. The van der Waals surface area contributed by atoms with Gasteiger partial charge in [-0.05, 0) is 74.8 Å². The van der Waals surface area contributed by atoms with Gasteiger partial charge in [-0.1, -0.05) is 24.3 Å². The number of carbonyl (C=O) groups is 1. The predicted molar refractivity (Wildman–Crippen MR) is 136 cm³/mol. The van der Waals surface area contributed by atoms with E-state index in [1.54, 1.807) is 4.90 Å². The standard InChI is InChI=1S/C27H31N5O/c1-18-15-21(27(33)32(4)14-13-31(2)3)12-11-20(18)10-9-19-16-23-22-7-5-6-8-24(22)30-26(28)25(23)29-17-19/h5-8,11-12,15-17H,9-10,13-14H2,1-4H3,(H2,28,30). The molecular weight excluding hydrogens is 410 g/mol. The van der Waals surface area contributed by atoms with E-state index < -0.39 is 0 Å². The number of benzene rings is 2. The van der Waals surface area contributed by atoms with Gasteiger partial charge in [0.25, 0.3) is 5.91 Å². The number of likely N-dealkylation sites (N-methyl/N-ethyl adjacent to an activating group) is 2. The number of rotatable bonds is 7. The van der Waals surface area contributed by atoms with Gasteiger partial charge in [-0.2, -0.15) is 0 Å². The maximum Gasteiger partial charge on any atom is 0.253 e. The smallest absolute Gasteiger partial charge is 0.253 e. The molecule has 0 bridgehead atoms. The van der Waals surface area contributed by atoms with Crippen LogP contribution in [0.3, 0.4) is 0 Å². The van der Waals surface area contributed by atoms with Crippen LogP contribution in [0.2, 0.25) is 0 Å². The first-order valence-corrected chi connectivity index (χ1v) is 11.3. The Morgan fingerprint density at radius 2 is 1.76 bits per heavy atom. The predicted octanol–water partition coefficient (Wildman–Crippen LogP) is 4.09. The largest absolute Gasteiger partial charge is 0.382 e. The van der Waals surface area contributed by atoms with E-state index in [0.717, 1.165) is 57.9 Å². The lowest BCUT2D eigenvalue weighted by Crippen LogP contribution is -2.33. The molecule has 0 saturated heterocycles. The Kier molecular flexibility index (Phi) is 6.56. The number of fused-ring (bicyclic) bond motifs is 3. The lowest BCUT2D eigenvalue weighted by Gasteiger charge is -2.20. The van der Waals surface area contributed by atoms with E-state index in [1.807, 2.05) is 57.7 Å². The molecule has 0 atom stereocenters. The molecule has 0 unspecified atom stereocenters.